The van der Waals surface area contributed by atoms with E-state index in [2.05, 4.69) is 15.1 Å². The molecule has 0 atom stereocenters. The topological polar surface area (TPSA) is 69.6 Å². The number of hydrogen-bond acceptors (Lipinski definition) is 4. The molecule has 15 heavy (non-hydrogen) atoms. The van der Waals surface area contributed by atoms with Gasteiger partial charge in [-0.3, -0.25) is 4.68 Å². The molecule has 0 spiro atoms. The molecule has 0 unspecified atom stereocenters. The Balaban J connectivity index is 2.48. The smallest absolute Gasteiger partial charge is 0.162 e. The molecule has 0 aliphatic rings. The first-order valence-corrected chi connectivity index (χ1v) is 4.72. The molecule has 0 aromatic carbocycles. The second-order valence-electron chi connectivity index (χ2n) is 3.43. The summed E-state index contributed by atoms with van der Waals surface area (Å²) in [6.45, 7) is 2.36. The summed E-state index contributed by atoms with van der Waals surface area (Å²) in [7, 11) is 1.86. The molecule has 5 nitrogen and oxygen atoms in total. The molecule has 2 heterocycles. The van der Waals surface area contributed by atoms with Crippen molar-refractivity contribution in [1.82, 2.24) is 19.7 Å². The van der Waals surface area contributed by atoms with Crippen molar-refractivity contribution in [2.75, 3.05) is 0 Å². The Morgan fingerprint density at radius 2 is 2.20 bits per heavy atom. The number of rotatable bonds is 2. The lowest BCUT2D eigenvalue weighted by molar-refractivity contribution is 0.768. The van der Waals surface area contributed by atoms with Crippen LogP contribution in [0.4, 0.5) is 0 Å². The molecular formula is C10H13N5. The molecule has 0 radical (unpaired) electrons. The molecule has 0 amide bonds. The number of nitrogens with zero attached hydrogens (tertiary/aromatic N) is 4. The maximum atomic E-state index is 5.56. The minimum Gasteiger partial charge on any atom is -0.325 e. The Labute approximate surface area is 88.0 Å². The molecule has 0 fully saturated rings. The van der Waals surface area contributed by atoms with E-state index in [1.165, 1.54) is 0 Å². The fraction of sp³-hybridized carbons (Fsp3) is 0.300. The van der Waals surface area contributed by atoms with Crippen molar-refractivity contribution < 1.29 is 0 Å². The normalized spacial score (nSPS) is 10.6. The van der Waals surface area contributed by atoms with Gasteiger partial charge in [0.15, 0.2) is 5.82 Å². The van der Waals surface area contributed by atoms with Gasteiger partial charge in [0, 0.05) is 25.5 Å². The minimum absolute atomic E-state index is 0.427. The predicted octanol–water partition coefficient (Wildman–Crippen LogP) is 0.644. The number of aryl methyl sites for hydroxylation is 2. The summed E-state index contributed by atoms with van der Waals surface area (Å²) < 4.78 is 1.73. The van der Waals surface area contributed by atoms with E-state index in [1.807, 2.05) is 26.2 Å². The van der Waals surface area contributed by atoms with Crippen LogP contribution < -0.4 is 5.73 Å². The number of nitrogens with two attached hydrogens (primary N) is 1. The van der Waals surface area contributed by atoms with E-state index in [0.717, 1.165) is 17.0 Å². The van der Waals surface area contributed by atoms with Gasteiger partial charge < -0.3 is 5.73 Å². The van der Waals surface area contributed by atoms with Gasteiger partial charge in [-0.05, 0) is 13.0 Å². The molecule has 0 aliphatic heterocycles. The van der Waals surface area contributed by atoms with E-state index in [9.17, 15) is 0 Å². The molecule has 0 saturated carbocycles. The molecule has 2 rings (SSSR count). The molecule has 2 aromatic heterocycles. The lowest BCUT2D eigenvalue weighted by Gasteiger charge is -2.01. The van der Waals surface area contributed by atoms with E-state index >= 15 is 0 Å². The van der Waals surface area contributed by atoms with Crippen LogP contribution in [0.5, 0.6) is 0 Å². The Bertz CT molecular complexity index is 474. The number of hydrogen-bond donors (Lipinski definition) is 1. The first kappa shape index (κ1) is 9.79. The summed E-state index contributed by atoms with van der Waals surface area (Å²) in [5.41, 5.74) is 8.24. The average Bonchev–Trinajstić information content (AvgIpc) is 2.64. The van der Waals surface area contributed by atoms with Crippen molar-refractivity contribution >= 4 is 0 Å². The fourth-order valence-corrected chi connectivity index (χ4v) is 1.40. The largest absolute Gasteiger partial charge is 0.325 e. The van der Waals surface area contributed by atoms with Gasteiger partial charge in [-0.15, -0.1) is 0 Å². The first-order chi connectivity index (χ1) is 7.19. The summed E-state index contributed by atoms with van der Waals surface area (Å²) in [5.74, 6) is 0.684. The zero-order chi connectivity index (χ0) is 10.8. The molecule has 0 saturated heterocycles. The highest BCUT2D eigenvalue weighted by Crippen LogP contribution is 2.14. The van der Waals surface area contributed by atoms with E-state index < -0.39 is 0 Å². The summed E-state index contributed by atoms with van der Waals surface area (Å²) in [5, 5.41) is 4.08. The zero-order valence-electron chi connectivity index (χ0n) is 8.81. The Morgan fingerprint density at radius 1 is 1.40 bits per heavy atom. The van der Waals surface area contributed by atoms with Gasteiger partial charge in [0.2, 0.25) is 0 Å². The fourth-order valence-electron chi connectivity index (χ4n) is 1.40. The van der Waals surface area contributed by atoms with Crippen LogP contribution >= 0.6 is 0 Å². The highest BCUT2D eigenvalue weighted by Gasteiger charge is 2.05. The quantitative estimate of drug-likeness (QED) is 0.777. The molecule has 2 aromatic rings. The Hall–Kier alpha value is -1.75. The molecular weight excluding hydrogens is 190 g/mol. The highest BCUT2D eigenvalue weighted by atomic mass is 15.2. The second-order valence-corrected chi connectivity index (χ2v) is 3.43. The molecule has 78 valence electrons. The van der Waals surface area contributed by atoms with Crippen LogP contribution in [0.3, 0.4) is 0 Å². The van der Waals surface area contributed by atoms with Crippen LogP contribution in [-0.2, 0) is 13.6 Å². The zero-order valence-corrected chi connectivity index (χ0v) is 8.81. The molecule has 2 N–H and O–H groups in total. The summed E-state index contributed by atoms with van der Waals surface area (Å²) in [6, 6.07) is 1.89. The first-order valence-electron chi connectivity index (χ1n) is 4.72. The van der Waals surface area contributed by atoms with Crippen LogP contribution in [-0.4, -0.2) is 19.7 Å². The van der Waals surface area contributed by atoms with Gasteiger partial charge in [-0.2, -0.15) is 5.10 Å². The van der Waals surface area contributed by atoms with E-state index in [0.29, 0.717) is 12.4 Å². The van der Waals surface area contributed by atoms with Crippen molar-refractivity contribution in [1.29, 1.82) is 0 Å². The summed E-state index contributed by atoms with van der Waals surface area (Å²) in [4.78, 5) is 8.69. The van der Waals surface area contributed by atoms with Gasteiger partial charge in [-0.25, -0.2) is 9.97 Å². The van der Waals surface area contributed by atoms with E-state index in [1.54, 1.807) is 10.9 Å². The van der Waals surface area contributed by atoms with Crippen molar-refractivity contribution in [3.8, 4) is 11.4 Å². The third-order valence-electron chi connectivity index (χ3n) is 2.08. The van der Waals surface area contributed by atoms with Gasteiger partial charge in [-0.1, -0.05) is 0 Å². The summed E-state index contributed by atoms with van der Waals surface area (Å²) in [6.07, 6.45) is 3.63. The monoisotopic (exact) mass is 203 g/mol. The van der Waals surface area contributed by atoms with Crippen molar-refractivity contribution in [2.45, 2.75) is 13.5 Å². The third-order valence-corrected chi connectivity index (χ3v) is 2.08. The predicted molar refractivity (Wildman–Crippen MR) is 56.9 cm³/mol. The Morgan fingerprint density at radius 3 is 2.80 bits per heavy atom. The van der Waals surface area contributed by atoms with Crippen LogP contribution in [0, 0.1) is 6.92 Å². The molecule has 5 heteroatoms. The highest BCUT2D eigenvalue weighted by molar-refractivity contribution is 5.52. The lowest BCUT2D eigenvalue weighted by Crippen LogP contribution is -2.03. The SMILES string of the molecule is Cc1cc(CN)nc(-c2cnn(C)c2)n1. The van der Waals surface area contributed by atoms with Gasteiger partial charge >= 0.3 is 0 Å². The Kier molecular flexibility index (Phi) is 2.47. The maximum Gasteiger partial charge on any atom is 0.162 e. The lowest BCUT2D eigenvalue weighted by atomic mass is 10.3. The van der Waals surface area contributed by atoms with E-state index in [-0.39, 0.29) is 0 Å². The standard InChI is InChI=1S/C10H13N5/c1-7-3-9(4-11)14-10(13-7)8-5-12-15(2)6-8/h3,5-6H,4,11H2,1-2H3. The maximum absolute atomic E-state index is 5.56. The van der Waals surface area contributed by atoms with Crippen LogP contribution in [0.15, 0.2) is 18.5 Å². The van der Waals surface area contributed by atoms with Crippen molar-refractivity contribution in [3.05, 3.63) is 29.8 Å². The van der Waals surface area contributed by atoms with Gasteiger partial charge in [0.05, 0.1) is 17.5 Å². The van der Waals surface area contributed by atoms with Crippen LogP contribution in [0.2, 0.25) is 0 Å². The van der Waals surface area contributed by atoms with Crippen molar-refractivity contribution in [3.63, 3.8) is 0 Å². The van der Waals surface area contributed by atoms with E-state index in [4.69, 9.17) is 5.73 Å². The van der Waals surface area contributed by atoms with Crippen LogP contribution in [0.25, 0.3) is 11.4 Å². The molecule has 0 aliphatic carbocycles. The second kappa shape index (κ2) is 3.78. The number of aromatic nitrogens is 4. The van der Waals surface area contributed by atoms with Gasteiger partial charge in [0.25, 0.3) is 0 Å². The van der Waals surface area contributed by atoms with Crippen molar-refractivity contribution in [2.24, 2.45) is 12.8 Å². The third kappa shape index (κ3) is 2.02. The summed E-state index contributed by atoms with van der Waals surface area (Å²) >= 11 is 0. The molecule has 0 bridgehead atoms. The minimum atomic E-state index is 0.427. The van der Waals surface area contributed by atoms with Gasteiger partial charge in [0.1, 0.15) is 0 Å². The average molecular weight is 203 g/mol. The van der Waals surface area contributed by atoms with Crippen LogP contribution in [0.1, 0.15) is 11.4 Å².